The number of nitrogens with zero attached hydrogens (tertiary/aromatic N) is 2. The molecule has 6 heteroatoms. The van der Waals surface area contributed by atoms with Gasteiger partial charge in [0.05, 0.1) is 24.6 Å². The molecule has 36 heavy (non-hydrogen) atoms. The number of carbonyl (C=O) groups excluding carboxylic acids is 1. The van der Waals surface area contributed by atoms with Crippen molar-refractivity contribution in [3.63, 3.8) is 0 Å². The highest BCUT2D eigenvalue weighted by molar-refractivity contribution is 6.09. The third-order valence-electron chi connectivity index (χ3n) is 6.89. The monoisotopic (exact) mass is 480 g/mol. The van der Waals surface area contributed by atoms with Gasteiger partial charge in [-0.2, -0.15) is 0 Å². The number of pyridine rings is 1. The summed E-state index contributed by atoms with van der Waals surface area (Å²) in [7, 11) is 0. The summed E-state index contributed by atoms with van der Waals surface area (Å²) in [5, 5.41) is 8.11. The number of anilines is 2. The Morgan fingerprint density at radius 3 is 2.33 bits per heavy atom. The van der Waals surface area contributed by atoms with E-state index in [1.165, 1.54) is 5.56 Å². The van der Waals surface area contributed by atoms with Crippen LogP contribution in [0.2, 0.25) is 0 Å². The fourth-order valence-corrected chi connectivity index (χ4v) is 4.70. The smallest absolute Gasteiger partial charge is 0.323 e. The molecule has 1 aliphatic heterocycles. The SMILES string of the molecule is Cc1cc(C)c(NC(=O)Nc2ccc(-c3ccc(CN4CCOCC4)nc3)c3ccccc23)cc1C. The van der Waals surface area contributed by atoms with E-state index in [9.17, 15) is 4.79 Å². The zero-order chi connectivity index (χ0) is 25.1. The van der Waals surface area contributed by atoms with Crippen LogP contribution in [0.15, 0.2) is 66.9 Å². The second kappa shape index (κ2) is 10.5. The van der Waals surface area contributed by atoms with Crippen LogP contribution in [0.5, 0.6) is 0 Å². The zero-order valence-electron chi connectivity index (χ0n) is 21.1. The van der Waals surface area contributed by atoms with Crippen LogP contribution >= 0.6 is 0 Å². The van der Waals surface area contributed by atoms with Crippen molar-refractivity contribution < 1.29 is 9.53 Å². The first-order chi connectivity index (χ1) is 17.5. The molecule has 184 valence electrons. The van der Waals surface area contributed by atoms with Gasteiger partial charge in [0.1, 0.15) is 0 Å². The van der Waals surface area contributed by atoms with E-state index in [2.05, 4.69) is 52.8 Å². The summed E-state index contributed by atoms with van der Waals surface area (Å²) in [6, 6.07) is 20.2. The molecule has 2 heterocycles. The fourth-order valence-electron chi connectivity index (χ4n) is 4.70. The largest absolute Gasteiger partial charge is 0.379 e. The molecule has 0 aliphatic carbocycles. The first-order valence-electron chi connectivity index (χ1n) is 12.4. The Bertz CT molecular complexity index is 1390. The number of hydrogen-bond acceptors (Lipinski definition) is 4. The van der Waals surface area contributed by atoms with Crippen molar-refractivity contribution >= 4 is 28.2 Å². The van der Waals surface area contributed by atoms with Crippen molar-refractivity contribution in [2.24, 2.45) is 0 Å². The van der Waals surface area contributed by atoms with Crippen LogP contribution in [-0.4, -0.2) is 42.2 Å². The maximum Gasteiger partial charge on any atom is 0.323 e. The minimum absolute atomic E-state index is 0.256. The molecular formula is C30H32N4O2. The molecule has 5 rings (SSSR count). The lowest BCUT2D eigenvalue weighted by atomic mass is 9.98. The average Bonchev–Trinajstić information content (AvgIpc) is 2.89. The van der Waals surface area contributed by atoms with Crippen LogP contribution in [0.3, 0.4) is 0 Å². The second-order valence-corrected chi connectivity index (χ2v) is 9.46. The third-order valence-corrected chi connectivity index (χ3v) is 6.89. The van der Waals surface area contributed by atoms with Crippen LogP contribution < -0.4 is 10.6 Å². The molecule has 3 aromatic carbocycles. The molecule has 0 unspecified atom stereocenters. The van der Waals surface area contributed by atoms with Gasteiger partial charge in [-0.05, 0) is 66.6 Å². The number of carbonyl (C=O) groups is 1. The Balaban J connectivity index is 1.36. The van der Waals surface area contributed by atoms with Gasteiger partial charge >= 0.3 is 6.03 Å². The number of urea groups is 1. The highest BCUT2D eigenvalue weighted by atomic mass is 16.5. The first-order valence-corrected chi connectivity index (χ1v) is 12.4. The maximum absolute atomic E-state index is 12.9. The Morgan fingerprint density at radius 1 is 0.861 bits per heavy atom. The van der Waals surface area contributed by atoms with Gasteiger partial charge < -0.3 is 15.4 Å². The first kappa shape index (κ1) is 24.0. The molecule has 1 fully saturated rings. The van der Waals surface area contributed by atoms with E-state index < -0.39 is 0 Å². The lowest BCUT2D eigenvalue weighted by Gasteiger charge is -2.26. The molecule has 0 atom stereocenters. The quantitative estimate of drug-likeness (QED) is 0.352. The summed E-state index contributed by atoms with van der Waals surface area (Å²) in [6.45, 7) is 10.4. The molecule has 2 N–H and O–H groups in total. The normalized spacial score (nSPS) is 14.1. The van der Waals surface area contributed by atoms with E-state index in [0.717, 1.165) is 82.9 Å². The number of hydrogen-bond donors (Lipinski definition) is 2. The van der Waals surface area contributed by atoms with Crippen molar-refractivity contribution in [3.8, 4) is 11.1 Å². The predicted molar refractivity (Wildman–Crippen MR) is 147 cm³/mol. The molecule has 2 amide bonds. The topological polar surface area (TPSA) is 66.5 Å². The minimum atomic E-state index is -0.256. The van der Waals surface area contributed by atoms with Gasteiger partial charge in [0.25, 0.3) is 0 Å². The van der Waals surface area contributed by atoms with E-state index in [1.807, 2.05) is 50.4 Å². The van der Waals surface area contributed by atoms with Crippen molar-refractivity contribution in [3.05, 3.63) is 89.2 Å². The van der Waals surface area contributed by atoms with E-state index >= 15 is 0 Å². The molecule has 1 aromatic heterocycles. The van der Waals surface area contributed by atoms with E-state index in [0.29, 0.717) is 0 Å². The van der Waals surface area contributed by atoms with Crippen molar-refractivity contribution in [1.29, 1.82) is 0 Å². The Kier molecular flexibility index (Phi) is 6.98. The molecule has 6 nitrogen and oxygen atoms in total. The summed E-state index contributed by atoms with van der Waals surface area (Å²) < 4.78 is 5.44. The van der Waals surface area contributed by atoms with Gasteiger partial charge in [-0.15, -0.1) is 0 Å². The van der Waals surface area contributed by atoms with Gasteiger partial charge in [-0.1, -0.05) is 42.5 Å². The van der Waals surface area contributed by atoms with Crippen molar-refractivity contribution in [2.45, 2.75) is 27.3 Å². The van der Waals surface area contributed by atoms with E-state index in [-0.39, 0.29) is 6.03 Å². The van der Waals surface area contributed by atoms with Gasteiger partial charge in [0.2, 0.25) is 0 Å². The molecule has 4 aromatic rings. The molecule has 1 saturated heterocycles. The summed E-state index contributed by atoms with van der Waals surface area (Å²) in [5.41, 5.74) is 8.19. The van der Waals surface area contributed by atoms with E-state index in [4.69, 9.17) is 9.72 Å². The minimum Gasteiger partial charge on any atom is -0.379 e. The van der Waals surface area contributed by atoms with Crippen molar-refractivity contribution in [2.75, 3.05) is 36.9 Å². The molecule has 0 bridgehead atoms. The van der Waals surface area contributed by atoms with Gasteiger partial charge in [-0.25, -0.2) is 4.79 Å². The highest BCUT2D eigenvalue weighted by Gasteiger charge is 2.14. The number of nitrogens with one attached hydrogen (secondary N) is 2. The predicted octanol–water partition coefficient (Wildman–Crippen LogP) is 6.30. The molecule has 0 spiro atoms. The summed E-state index contributed by atoms with van der Waals surface area (Å²) in [4.78, 5) is 20.0. The molecular weight excluding hydrogens is 448 g/mol. The molecule has 1 aliphatic rings. The summed E-state index contributed by atoms with van der Waals surface area (Å²) in [5.74, 6) is 0. The summed E-state index contributed by atoms with van der Waals surface area (Å²) in [6.07, 6.45) is 1.94. The number of rotatable bonds is 5. The van der Waals surface area contributed by atoms with Crippen LogP contribution in [0.25, 0.3) is 21.9 Å². The maximum atomic E-state index is 12.9. The fraction of sp³-hybridized carbons (Fsp3) is 0.267. The van der Waals surface area contributed by atoms with E-state index in [1.54, 1.807) is 0 Å². The van der Waals surface area contributed by atoms with Gasteiger partial charge in [-0.3, -0.25) is 9.88 Å². The number of amides is 2. The Morgan fingerprint density at radius 2 is 1.58 bits per heavy atom. The Labute approximate surface area is 212 Å². The number of fused-ring (bicyclic) bond motifs is 1. The van der Waals surface area contributed by atoms with Gasteiger partial charge in [0, 0.05) is 42.5 Å². The molecule has 0 radical (unpaired) electrons. The van der Waals surface area contributed by atoms with Crippen molar-refractivity contribution in [1.82, 2.24) is 9.88 Å². The van der Waals surface area contributed by atoms with Crippen LogP contribution in [0, 0.1) is 20.8 Å². The Hall–Kier alpha value is -3.74. The van der Waals surface area contributed by atoms with Gasteiger partial charge in [0.15, 0.2) is 0 Å². The zero-order valence-corrected chi connectivity index (χ0v) is 21.1. The van der Waals surface area contributed by atoms with Crippen LogP contribution in [-0.2, 0) is 11.3 Å². The third kappa shape index (κ3) is 5.25. The standard InChI is InChI=1S/C30H32N4O2/c1-20-16-22(3)29(17-21(20)2)33-30(35)32-28-11-10-25(26-6-4-5-7-27(26)28)23-8-9-24(31-18-23)19-34-12-14-36-15-13-34/h4-11,16-18H,12-15,19H2,1-3H3,(H2,32,33,35). The molecule has 0 saturated carbocycles. The number of aryl methyl sites for hydroxylation is 3. The lowest BCUT2D eigenvalue weighted by molar-refractivity contribution is 0.0336. The number of benzene rings is 3. The second-order valence-electron chi connectivity index (χ2n) is 9.46. The number of morpholine rings is 1. The average molecular weight is 481 g/mol. The highest BCUT2D eigenvalue weighted by Crippen LogP contribution is 2.33. The number of aromatic nitrogens is 1. The lowest BCUT2D eigenvalue weighted by Crippen LogP contribution is -2.35. The van der Waals surface area contributed by atoms with Crippen LogP contribution in [0.1, 0.15) is 22.4 Å². The number of ether oxygens (including phenoxy) is 1. The van der Waals surface area contributed by atoms with Crippen LogP contribution in [0.4, 0.5) is 16.2 Å². The summed E-state index contributed by atoms with van der Waals surface area (Å²) >= 11 is 0.